The van der Waals surface area contributed by atoms with Gasteiger partial charge in [-0.3, -0.25) is 4.79 Å². The molecule has 3 nitrogen and oxygen atoms in total. The first-order valence-corrected chi connectivity index (χ1v) is 5.26. The fraction of sp³-hybridized carbons (Fsp3) is 0.300. The average molecular weight is 295 g/mol. The molecule has 0 saturated carbocycles. The van der Waals surface area contributed by atoms with Crippen molar-refractivity contribution in [2.24, 2.45) is 0 Å². The number of halogens is 3. The lowest BCUT2D eigenvalue weighted by Crippen LogP contribution is -2.05. The number of phenols is 1. The zero-order chi connectivity index (χ0) is 12.3. The monoisotopic (exact) mass is 294 g/mol. The van der Waals surface area contributed by atoms with Crippen molar-refractivity contribution in [3.63, 3.8) is 0 Å². The summed E-state index contributed by atoms with van der Waals surface area (Å²) in [5.41, 5.74) is 0.200. The van der Waals surface area contributed by atoms with E-state index in [0.717, 1.165) is 0 Å². The number of ether oxygens (including phenoxy) is 1. The van der Waals surface area contributed by atoms with Crippen molar-refractivity contribution < 1.29 is 23.4 Å². The van der Waals surface area contributed by atoms with Gasteiger partial charge in [0, 0.05) is 5.56 Å². The first-order chi connectivity index (χ1) is 7.43. The van der Waals surface area contributed by atoms with Crippen molar-refractivity contribution in [2.45, 2.75) is 18.4 Å². The molecule has 0 amide bonds. The molecule has 0 aromatic heterocycles. The van der Waals surface area contributed by atoms with Crippen LogP contribution in [0.1, 0.15) is 17.3 Å². The second-order valence-corrected chi connectivity index (χ2v) is 3.96. The molecule has 6 heteroatoms. The number of carbonyl (C=O) groups excluding carboxylic acids is 1. The smallest absolute Gasteiger partial charge is 0.387 e. The minimum absolute atomic E-state index is 0.200. The lowest BCUT2D eigenvalue weighted by molar-refractivity contribution is -0.116. The Morgan fingerprint density at radius 2 is 2.12 bits per heavy atom. The van der Waals surface area contributed by atoms with Crippen molar-refractivity contribution in [3.05, 3.63) is 23.8 Å². The van der Waals surface area contributed by atoms with Crippen molar-refractivity contribution >= 4 is 21.7 Å². The zero-order valence-corrected chi connectivity index (χ0v) is 9.87. The highest BCUT2D eigenvalue weighted by Crippen LogP contribution is 2.38. The van der Waals surface area contributed by atoms with E-state index in [0.29, 0.717) is 0 Å². The maximum atomic E-state index is 12.0. The number of aromatic hydroxyl groups is 1. The Bertz CT molecular complexity index is 396. The first kappa shape index (κ1) is 12.9. The van der Waals surface area contributed by atoms with Crippen LogP contribution in [0.2, 0.25) is 0 Å². The summed E-state index contributed by atoms with van der Waals surface area (Å²) in [7, 11) is 0. The van der Waals surface area contributed by atoms with Crippen LogP contribution in [0.5, 0.6) is 11.5 Å². The number of phenolic OH excluding ortho intramolecular Hbond substituents is 1. The SMILES string of the molecule is CC(=O)C(Br)c1cccc(OC(F)F)c1O. The number of carbonyl (C=O) groups is 1. The number of hydrogen-bond donors (Lipinski definition) is 1. The van der Waals surface area contributed by atoms with Crippen LogP contribution in [-0.2, 0) is 4.79 Å². The number of rotatable bonds is 4. The number of ketones is 1. The number of alkyl halides is 3. The van der Waals surface area contributed by atoms with Gasteiger partial charge in [0.15, 0.2) is 11.5 Å². The third-order valence-electron chi connectivity index (χ3n) is 1.88. The van der Waals surface area contributed by atoms with Crippen molar-refractivity contribution in [3.8, 4) is 11.5 Å². The molecule has 1 N–H and O–H groups in total. The van der Waals surface area contributed by atoms with Crippen LogP contribution in [0.3, 0.4) is 0 Å². The van der Waals surface area contributed by atoms with E-state index in [2.05, 4.69) is 20.7 Å². The Hall–Kier alpha value is -1.17. The molecule has 0 aliphatic rings. The molecular weight excluding hydrogens is 286 g/mol. The molecule has 16 heavy (non-hydrogen) atoms. The third kappa shape index (κ3) is 2.91. The van der Waals surface area contributed by atoms with Gasteiger partial charge in [-0.1, -0.05) is 28.1 Å². The van der Waals surface area contributed by atoms with Crippen molar-refractivity contribution in [1.29, 1.82) is 0 Å². The summed E-state index contributed by atoms with van der Waals surface area (Å²) in [4.78, 5) is 10.3. The number of para-hydroxylation sites is 1. The minimum atomic E-state index is -3.02. The molecule has 1 unspecified atom stereocenters. The molecule has 0 aliphatic carbocycles. The van der Waals surface area contributed by atoms with Crippen LogP contribution in [0.4, 0.5) is 8.78 Å². The lowest BCUT2D eigenvalue weighted by atomic mass is 10.1. The third-order valence-corrected chi connectivity index (χ3v) is 3.01. The molecule has 0 radical (unpaired) electrons. The van der Waals surface area contributed by atoms with Crippen LogP contribution in [0.15, 0.2) is 18.2 Å². The van der Waals surface area contributed by atoms with Crippen LogP contribution >= 0.6 is 15.9 Å². The summed E-state index contributed by atoms with van der Waals surface area (Å²) >= 11 is 3.05. The van der Waals surface area contributed by atoms with E-state index in [9.17, 15) is 18.7 Å². The van der Waals surface area contributed by atoms with Crippen LogP contribution in [0.25, 0.3) is 0 Å². The molecule has 1 atom stereocenters. The summed E-state index contributed by atoms with van der Waals surface area (Å²) < 4.78 is 28.1. The molecule has 0 fully saturated rings. The van der Waals surface area contributed by atoms with Gasteiger partial charge in [-0.15, -0.1) is 0 Å². The predicted molar refractivity (Wildman–Crippen MR) is 57.1 cm³/mol. The Balaban J connectivity index is 3.08. The van der Waals surface area contributed by atoms with Gasteiger partial charge in [-0.25, -0.2) is 0 Å². The minimum Gasteiger partial charge on any atom is -0.504 e. The predicted octanol–water partition coefficient (Wildman–Crippen LogP) is 3.02. The van der Waals surface area contributed by atoms with E-state index in [1.807, 2.05) is 0 Å². The number of benzene rings is 1. The van der Waals surface area contributed by atoms with E-state index in [4.69, 9.17) is 0 Å². The van der Waals surface area contributed by atoms with Gasteiger partial charge >= 0.3 is 6.61 Å². The molecule has 0 bridgehead atoms. The standard InChI is InChI=1S/C10H9BrF2O3/c1-5(14)8(11)6-3-2-4-7(9(6)15)16-10(12)13/h2-4,8,10,15H,1H3. The summed E-state index contributed by atoms with van der Waals surface area (Å²) in [5, 5.41) is 9.62. The van der Waals surface area contributed by atoms with E-state index < -0.39 is 17.2 Å². The van der Waals surface area contributed by atoms with Gasteiger partial charge in [0.05, 0.1) is 0 Å². The van der Waals surface area contributed by atoms with E-state index in [1.165, 1.54) is 25.1 Å². The fourth-order valence-electron chi connectivity index (χ4n) is 1.15. The second kappa shape index (κ2) is 5.25. The van der Waals surface area contributed by atoms with Gasteiger partial charge < -0.3 is 9.84 Å². The van der Waals surface area contributed by atoms with Gasteiger partial charge in [0.25, 0.3) is 0 Å². The molecule has 0 aliphatic heterocycles. The molecule has 0 spiro atoms. The quantitative estimate of drug-likeness (QED) is 0.869. The maximum absolute atomic E-state index is 12.0. The summed E-state index contributed by atoms with van der Waals surface area (Å²) in [5.74, 6) is -1.05. The number of hydrogen-bond acceptors (Lipinski definition) is 3. The van der Waals surface area contributed by atoms with Crippen LogP contribution in [-0.4, -0.2) is 17.5 Å². The maximum Gasteiger partial charge on any atom is 0.387 e. The fourth-order valence-corrected chi connectivity index (χ4v) is 1.52. The molecule has 1 aromatic rings. The summed E-state index contributed by atoms with van der Waals surface area (Å²) in [6, 6.07) is 4.07. The molecule has 88 valence electrons. The van der Waals surface area contributed by atoms with Gasteiger partial charge in [0.2, 0.25) is 0 Å². The van der Waals surface area contributed by atoms with Crippen molar-refractivity contribution in [2.75, 3.05) is 0 Å². The highest BCUT2D eigenvalue weighted by atomic mass is 79.9. The van der Waals surface area contributed by atoms with Gasteiger partial charge in [-0.05, 0) is 13.0 Å². The largest absolute Gasteiger partial charge is 0.504 e. The highest BCUT2D eigenvalue weighted by molar-refractivity contribution is 9.09. The molecular formula is C10H9BrF2O3. The normalized spacial score (nSPS) is 12.6. The van der Waals surface area contributed by atoms with Crippen molar-refractivity contribution in [1.82, 2.24) is 0 Å². The highest BCUT2D eigenvalue weighted by Gasteiger charge is 2.20. The van der Waals surface area contributed by atoms with E-state index in [-0.39, 0.29) is 17.1 Å². The zero-order valence-electron chi connectivity index (χ0n) is 8.28. The van der Waals surface area contributed by atoms with Crippen LogP contribution in [0, 0.1) is 0 Å². The second-order valence-electron chi connectivity index (χ2n) is 3.05. The summed E-state index contributed by atoms with van der Waals surface area (Å²) in [6.45, 7) is -1.70. The number of Topliss-reactive ketones (excluding diaryl/α,β-unsaturated/α-hetero) is 1. The van der Waals surface area contributed by atoms with E-state index >= 15 is 0 Å². The molecule has 0 heterocycles. The molecule has 1 aromatic carbocycles. The van der Waals surface area contributed by atoms with Crippen LogP contribution < -0.4 is 4.74 Å². The Morgan fingerprint density at radius 1 is 1.50 bits per heavy atom. The molecule has 0 saturated heterocycles. The first-order valence-electron chi connectivity index (χ1n) is 4.34. The van der Waals surface area contributed by atoms with Gasteiger partial charge in [0.1, 0.15) is 10.6 Å². The average Bonchev–Trinajstić information content (AvgIpc) is 2.19. The lowest BCUT2D eigenvalue weighted by Gasteiger charge is -2.12. The topological polar surface area (TPSA) is 46.5 Å². The Morgan fingerprint density at radius 3 is 2.62 bits per heavy atom. The molecule has 1 rings (SSSR count). The van der Waals surface area contributed by atoms with Gasteiger partial charge in [-0.2, -0.15) is 8.78 Å². The Labute approximate surface area is 99.2 Å². The van der Waals surface area contributed by atoms with E-state index in [1.54, 1.807) is 0 Å². The Kier molecular flexibility index (Phi) is 4.23. The summed E-state index contributed by atoms with van der Waals surface area (Å²) in [6.07, 6.45) is 0.